The van der Waals surface area contributed by atoms with E-state index in [9.17, 15) is 0 Å². The second kappa shape index (κ2) is 5.76. The Kier molecular flexibility index (Phi) is 4.01. The minimum atomic E-state index is 0.568. The van der Waals surface area contributed by atoms with Gasteiger partial charge in [0, 0.05) is 24.2 Å². The quantitative estimate of drug-likeness (QED) is 0.913. The van der Waals surface area contributed by atoms with E-state index in [0.29, 0.717) is 16.0 Å². The molecular formula is C15H17Cl2N3. The molecule has 2 aromatic rings. The predicted octanol–water partition coefficient (Wildman–Crippen LogP) is 3.86. The molecule has 1 saturated heterocycles. The van der Waals surface area contributed by atoms with Gasteiger partial charge in [0.25, 0.3) is 0 Å². The van der Waals surface area contributed by atoms with Crippen LogP contribution in [-0.2, 0) is 7.05 Å². The maximum Gasteiger partial charge on any atom is 0.0941 e. The molecule has 2 heterocycles. The fourth-order valence-electron chi connectivity index (χ4n) is 2.81. The highest BCUT2D eigenvalue weighted by atomic mass is 35.5. The van der Waals surface area contributed by atoms with Crippen LogP contribution in [0.3, 0.4) is 0 Å². The van der Waals surface area contributed by atoms with Crippen molar-refractivity contribution in [1.29, 1.82) is 0 Å². The summed E-state index contributed by atoms with van der Waals surface area (Å²) < 4.78 is 1.97. The summed E-state index contributed by atoms with van der Waals surface area (Å²) in [6.45, 7) is 2.15. The zero-order valence-corrected chi connectivity index (χ0v) is 12.9. The second-order valence-electron chi connectivity index (χ2n) is 5.20. The molecule has 0 unspecified atom stereocenters. The summed E-state index contributed by atoms with van der Waals surface area (Å²) in [4.78, 5) is 0. The van der Waals surface area contributed by atoms with Gasteiger partial charge in [-0.25, -0.2) is 0 Å². The predicted molar refractivity (Wildman–Crippen MR) is 83.5 cm³/mol. The molecule has 0 aliphatic carbocycles. The summed E-state index contributed by atoms with van der Waals surface area (Å²) in [7, 11) is 2.00. The van der Waals surface area contributed by atoms with Gasteiger partial charge in [0.2, 0.25) is 0 Å². The fraction of sp³-hybridized carbons (Fsp3) is 0.400. The van der Waals surface area contributed by atoms with Gasteiger partial charge in [-0.3, -0.25) is 4.68 Å². The maximum atomic E-state index is 6.28. The topological polar surface area (TPSA) is 29.9 Å². The summed E-state index contributed by atoms with van der Waals surface area (Å²) in [5.41, 5.74) is 3.07. The number of nitrogens with zero attached hydrogens (tertiary/aromatic N) is 2. The highest BCUT2D eigenvalue weighted by Gasteiger charge is 2.20. The monoisotopic (exact) mass is 309 g/mol. The number of benzene rings is 1. The van der Waals surface area contributed by atoms with Crippen molar-refractivity contribution in [3.8, 4) is 11.3 Å². The second-order valence-corrected chi connectivity index (χ2v) is 5.99. The van der Waals surface area contributed by atoms with Crippen LogP contribution in [0.1, 0.15) is 24.5 Å². The van der Waals surface area contributed by atoms with Gasteiger partial charge in [-0.15, -0.1) is 0 Å². The molecule has 0 spiro atoms. The fourth-order valence-corrected chi connectivity index (χ4v) is 3.21. The Bertz CT molecular complexity index is 616. The number of aromatic nitrogens is 2. The molecule has 0 radical (unpaired) electrons. The molecule has 3 rings (SSSR count). The number of nitrogens with one attached hydrogen (secondary N) is 1. The molecule has 0 saturated carbocycles. The molecule has 1 fully saturated rings. The highest BCUT2D eigenvalue weighted by Crippen LogP contribution is 2.35. The molecular weight excluding hydrogens is 293 g/mol. The third-order valence-electron chi connectivity index (χ3n) is 3.90. The largest absolute Gasteiger partial charge is 0.317 e. The normalized spacial score (nSPS) is 16.6. The first-order valence-electron chi connectivity index (χ1n) is 6.86. The zero-order chi connectivity index (χ0) is 14.1. The van der Waals surface area contributed by atoms with Crippen LogP contribution >= 0.6 is 23.2 Å². The van der Waals surface area contributed by atoms with Crippen LogP contribution in [0.25, 0.3) is 11.3 Å². The van der Waals surface area contributed by atoms with Crippen molar-refractivity contribution in [2.24, 2.45) is 7.05 Å². The Morgan fingerprint density at radius 2 is 2.00 bits per heavy atom. The van der Waals surface area contributed by atoms with Crippen LogP contribution in [0.4, 0.5) is 0 Å². The first-order valence-corrected chi connectivity index (χ1v) is 7.61. The lowest BCUT2D eigenvalue weighted by Gasteiger charge is -2.22. The van der Waals surface area contributed by atoms with Crippen molar-refractivity contribution in [2.45, 2.75) is 18.8 Å². The maximum absolute atomic E-state index is 6.28. The standard InChI is InChI=1S/C15H17Cl2N3/c1-20-14(10-5-7-18-8-6-10)9-13(19-20)11-3-2-4-12(16)15(11)17/h2-4,9-10,18H,5-8H2,1H3. The summed E-state index contributed by atoms with van der Waals surface area (Å²) in [6, 6.07) is 7.81. The van der Waals surface area contributed by atoms with Crippen molar-refractivity contribution < 1.29 is 0 Å². The average Bonchev–Trinajstić information content (AvgIpc) is 2.85. The molecule has 1 N–H and O–H groups in total. The SMILES string of the molecule is Cn1nc(-c2cccc(Cl)c2Cl)cc1C1CCNCC1. The molecule has 20 heavy (non-hydrogen) atoms. The van der Waals surface area contributed by atoms with E-state index in [1.54, 1.807) is 6.07 Å². The molecule has 3 nitrogen and oxygen atoms in total. The van der Waals surface area contributed by atoms with Crippen molar-refractivity contribution in [3.63, 3.8) is 0 Å². The van der Waals surface area contributed by atoms with Crippen LogP contribution in [-0.4, -0.2) is 22.9 Å². The van der Waals surface area contributed by atoms with Crippen LogP contribution in [0.2, 0.25) is 10.0 Å². The number of aryl methyl sites for hydroxylation is 1. The van der Waals surface area contributed by atoms with E-state index in [0.717, 1.165) is 37.2 Å². The zero-order valence-electron chi connectivity index (χ0n) is 11.4. The van der Waals surface area contributed by atoms with Crippen LogP contribution in [0.15, 0.2) is 24.3 Å². The Balaban J connectivity index is 1.97. The van der Waals surface area contributed by atoms with E-state index >= 15 is 0 Å². The van der Waals surface area contributed by atoms with Gasteiger partial charge in [-0.05, 0) is 38.1 Å². The first-order chi connectivity index (χ1) is 9.66. The van der Waals surface area contributed by atoms with E-state index in [2.05, 4.69) is 16.5 Å². The van der Waals surface area contributed by atoms with Crippen LogP contribution < -0.4 is 5.32 Å². The summed E-state index contributed by atoms with van der Waals surface area (Å²) in [5, 5.41) is 9.14. The minimum Gasteiger partial charge on any atom is -0.317 e. The Hall–Kier alpha value is -1.03. The van der Waals surface area contributed by atoms with Crippen molar-refractivity contribution in [1.82, 2.24) is 15.1 Å². The number of hydrogen-bond acceptors (Lipinski definition) is 2. The third kappa shape index (κ3) is 2.58. The molecule has 106 valence electrons. The molecule has 1 aliphatic heterocycles. The minimum absolute atomic E-state index is 0.568. The van der Waals surface area contributed by atoms with Gasteiger partial charge in [0.15, 0.2) is 0 Å². The number of hydrogen-bond donors (Lipinski definition) is 1. The highest BCUT2D eigenvalue weighted by molar-refractivity contribution is 6.43. The van der Waals surface area contributed by atoms with E-state index in [-0.39, 0.29) is 0 Å². The van der Waals surface area contributed by atoms with Gasteiger partial charge in [-0.2, -0.15) is 5.10 Å². The average molecular weight is 310 g/mol. The van der Waals surface area contributed by atoms with Gasteiger partial charge < -0.3 is 5.32 Å². The van der Waals surface area contributed by atoms with E-state index < -0.39 is 0 Å². The summed E-state index contributed by atoms with van der Waals surface area (Å²) >= 11 is 12.4. The smallest absolute Gasteiger partial charge is 0.0941 e. The van der Waals surface area contributed by atoms with Gasteiger partial charge in [-0.1, -0.05) is 35.3 Å². The summed E-state index contributed by atoms with van der Waals surface area (Å²) in [6.07, 6.45) is 2.31. The van der Waals surface area contributed by atoms with E-state index in [1.165, 1.54) is 5.69 Å². The molecule has 1 aromatic heterocycles. The van der Waals surface area contributed by atoms with Crippen LogP contribution in [0, 0.1) is 0 Å². The summed E-state index contributed by atoms with van der Waals surface area (Å²) in [5.74, 6) is 0.570. The molecule has 0 bridgehead atoms. The van der Waals surface area contributed by atoms with Crippen LogP contribution in [0.5, 0.6) is 0 Å². The lowest BCUT2D eigenvalue weighted by atomic mass is 9.94. The van der Waals surface area contributed by atoms with Gasteiger partial charge in [0.05, 0.1) is 15.7 Å². The Labute approximate surface area is 128 Å². The molecule has 0 atom stereocenters. The van der Waals surface area contributed by atoms with Crippen molar-refractivity contribution in [2.75, 3.05) is 13.1 Å². The van der Waals surface area contributed by atoms with Crippen molar-refractivity contribution in [3.05, 3.63) is 40.0 Å². The lowest BCUT2D eigenvalue weighted by Crippen LogP contribution is -2.27. The first kappa shape index (κ1) is 13.9. The molecule has 1 aromatic carbocycles. The number of rotatable bonds is 2. The number of halogens is 2. The Morgan fingerprint density at radius 1 is 1.25 bits per heavy atom. The third-order valence-corrected chi connectivity index (χ3v) is 4.72. The molecule has 0 amide bonds. The number of piperidine rings is 1. The van der Waals surface area contributed by atoms with E-state index in [4.69, 9.17) is 23.2 Å². The van der Waals surface area contributed by atoms with Crippen molar-refractivity contribution >= 4 is 23.2 Å². The lowest BCUT2D eigenvalue weighted by molar-refractivity contribution is 0.440. The molecule has 5 heteroatoms. The Morgan fingerprint density at radius 3 is 2.75 bits per heavy atom. The van der Waals surface area contributed by atoms with Gasteiger partial charge >= 0.3 is 0 Å². The van der Waals surface area contributed by atoms with Gasteiger partial charge in [0.1, 0.15) is 0 Å². The molecule has 1 aliphatic rings. The van der Waals surface area contributed by atoms with E-state index in [1.807, 2.05) is 23.9 Å².